The third-order valence-electron chi connectivity index (χ3n) is 3.80. The Labute approximate surface area is 88.9 Å². The van der Waals surface area contributed by atoms with Gasteiger partial charge < -0.3 is 5.11 Å². The summed E-state index contributed by atoms with van der Waals surface area (Å²) in [5.41, 5.74) is 0.934. The summed E-state index contributed by atoms with van der Waals surface area (Å²) in [6.45, 7) is 5.91. The number of carboxylic acid groups (broad SMARTS) is 1. The first-order valence-electron chi connectivity index (χ1n) is 5.05. The Hall–Kier alpha value is -1.32. The highest BCUT2D eigenvalue weighted by atomic mass is 16.4. The normalized spacial score (nSPS) is 27.7. The molecule has 1 aromatic heterocycles. The molecule has 1 unspecified atom stereocenters. The van der Waals surface area contributed by atoms with Crippen LogP contribution in [0.3, 0.4) is 0 Å². The number of aryl methyl sites for hydroxylation is 1. The van der Waals surface area contributed by atoms with Crippen molar-refractivity contribution in [2.45, 2.75) is 32.6 Å². The predicted octanol–water partition coefficient (Wildman–Crippen LogP) is 1.48. The fourth-order valence-electron chi connectivity index (χ4n) is 2.48. The van der Waals surface area contributed by atoms with Crippen LogP contribution in [0.15, 0.2) is 6.20 Å². The number of hydrogen-bond donors (Lipinski definition) is 1. The lowest BCUT2D eigenvalue weighted by Gasteiger charge is -2.15. The van der Waals surface area contributed by atoms with Crippen LogP contribution in [0.1, 0.15) is 31.5 Å². The van der Waals surface area contributed by atoms with Gasteiger partial charge in [0.1, 0.15) is 5.41 Å². The van der Waals surface area contributed by atoms with E-state index < -0.39 is 11.4 Å². The fraction of sp³-hybridized carbons (Fsp3) is 0.636. The van der Waals surface area contributed by atoms with Crippen LogP contribution in [0.4, 0.5) is 0 Å². The van der Waals surface area contributed by atoms with Crippen LogP contribution >= 0.6 is 0 Å². The van der Waals surface area contributed by atoms with Crippen molar-refractivity contribution < 1.29 is 9.90 Å². The van der Waals surface area contributed by atoms with Crippen LogP contribution in [0.5, 0.6) is 0 Å². The molecule has 0 bridgehead atoms. The molecular weight excluding hydrogens is 192 g/mol. The van der Waals surface area contributed by atoms with E-state index in [1.165, 1.54) is 0 Å². The molecule has 1 atom stereocenters. The number of aromatic nitrogens is 2. The lowest BCUT2D eigenvalue weighted by atomic mass is 9.88. The second kappa shape index (κ2) is 2.62. The van der Waals surface area contributed by atoms with Gasteiger partial charge in [0, 0.05) is 18.3 Å². The molecule has 2 rings (SSSR count). The molecule has 15 heavy (non-hydrogen) atoms. The molecule has 0 spiro atoms. The molecule has 1 fully saturated rings. The maximum atomic E-state index is 11.4. The SMILES string of the molecule is Cc1c(C2(C(=O)O)CC2(C)C)cnn1C. The Balaban J connectivity index is 2.55. The highest BCUT2D eigenvalue weighted by molar-refractivity contribution is 5.87. The molecule has 4 heteroatoms. The standard InChI is InChI=1S/C11H16N2O2/c1-7-8(5-12-13(7)4)11(9(14)15)6-10(11,2)3/h5H,6H2,1-4H3,(H,14,15). The van der Waals surface area contributed by atoms with Crippen LogP contribution < -0.4 is 0 Å². The van der Waals surface area contributed by atoms with Gasteiger partial charge in [-0.2, -0.15) is 5.10 Å². The number of rotatable bonds is 2. The van der Waals surface area contributed by atoms with Crippen LogP contribution in [-0.4, -0.2) is 20.9 Å². The number of hydrogen-bond acceptors (Lipinski definition) is 2. The highest BCUT2D eigenvalue weighted by Gasteiger charge is 2.68. The second-order valence-corrected chi connectivity index (χ2v) is 5.04. The van der Waals surface area contributed by atoms with Crippen LogP contribution in [0.2, 0.25) is 0 Å². The van der Waals surface area contributed by atoms with Gasteiger partial charge in [0.25, 0.3) is 0 Å². The summed E-state index contributed by atoms with van der Waals surface area (Å²) < 4.78 is 1.73. The summed E-state index contributed by atoms with van der Waals surface area (Å²) in [5, 5.41) is 13.5. The third kappa shape index (κ3) is 1.07. The quantitative estimate of drug-likeness (QED) is 0.801. The smallest absolute Gasteiger partial charge is 0.314 e. The molecule has 0 aromatic carbocycles. The average Bonchev–Trinajstić information content (AvgIpc) is 2.55. The maximum Gasteiger partial charge on any atom is 0.314 e. The van der Waals surface area contributed by atoms with Crippen molar-refractivity contribution in [1.29, 1.82) is 0 Å². The summed E-state index contributed by atoms with van der Waals surface area (Å²) in [6.07, 6.45) is 2.39. The number of carbonyl (C=O) groups is 1. The number of nitrogens with zero attached hydrogens (tertiary/aromatic N) is 2. The fourth-order valence-corrected chi connectivity index (χ4v) is 2.48. The molecule has 1 aliphatic carbocycles. The lowest BCUT2D eigenvalue weighted by Crippen LogP contribution is -2.26. The molecule has 0 saturated heterocycles. The molecule has 0 radical (unpaired) electrons. The zero-order valence-corrected chi connectivity index (χ0v) is 9.53. The minimum absolute atomic E-state index is 0.160. The van der Waals surface area contributed by atoms with E-state index in [0.717, 1.165) is 11.3 Å². The number of carboxylic acids is 1. The molecule has 82 valence electrons. The Morgan fingerprint density at radius 2 is 2.13 bits per heavy atom. The molecule has 1 saturated carbocycles. The molecule has 1 aromatic rings. The van der Waals surface area contributed by atoms with E-state index in [1.807, 2.05) is 27.8 Å². The summed E-state index contributed by atoms with van der Waals surface area (Å²) in [6, 6.07) is 0. The third-order valence-corrected chi connectivity index (χ3v) is 3.80. The van der Waals surface area contributed by atoms with Crippen LogP contribution in [0, 0.1) is 12.3 Å². The Bertz CT molecular complexity index is 434. The van der Waals surface area contributed by atoms with Crippen molar-refractivity contribution in [2.75, 3.05) is 0 Å². The van der Waals surface area contributed by atoms with E-state index in [-0.39, 0.29) is 5.41 Å². The average molecular weight is 208 g/mol. The summed E-state index contributed by atoms with van der Waals surface area (Å²) in [7, 11) is 1.84. The Kier molecular flexibility index (Phi) is 1.78. The van der Waals surface area contributed by atoms with E-state index in [0.29, 0.717) is 6.42 Å². The zero-order chi connectivity index (χ0) is 11.4. The van der Waals surface area contributed by atoms with Crippen LogP contribution in [-0.2, 0) is 17.3 Å². The van der Waals surface area contributed by atoms with Crippen molar-refractivity contribution in [3.8, 4) is 0 Å². The molecule has 1 heterocycles. The van der Waals surface area contributed by atoms with Crippen molar-refractivity contribution in [1.82, 2.24) is 9.78 Å². The van der Waals surface area contributed by atoms with E-state index >= 15 is 0 Å². The summed E-state index contributed by atoms with van der Waals surface area (Å²) in [4.78, 5) is 11.4. The largest absolute Gasteiger partial charge is 0.481 e. The first-order valence-corrected chi connectivity index (χ1v) is 5.05. The molecule has 0 amide bonds. The highest BCUT2D eigenvalue weighted by Crippen LogP contribution is 2.64. The van der Waals surface area contributed by atoms with Gasteiger partial charge in [-0.25, -0.2) is 0 Å². The molecule has 1 aliphatic rings. The Morgan fingerprint density at radius 3 is 2.40 bits per heavy atom. The summed E-state index contributed by atoms with van der Waals surface area (Å²) in [5.74, 6) is -0.733. The van der Waals surface area contributed by atoms with E-state index in [2.05, 4.69) is 5.10 Å². The first kappa shape index (κ1) is 10.2. The maximum absolute atomic E-state index is 11.4. The van der Waals surface area contributed by atoms with Gasteiger partial charge >= 0.3 is 5.97 Å². The predicted molar refractivity (Wildman–Crippen MR) is 55.7 cm³/mol. The molecular formula is C11H16N2O2. The molecule has 0 aliphatic heterocycles. The first-order chi connectivity index (χ1) is 6.83. The summed E-state index contributed by atoms with van der Waals surface area (Å²) >= 11 is 0. The van der Waals surface area contributed by atoms with Gasteiger partial charge in [-0.05, 0) is 18.8 Å². The van der Waals surface area contributed by atoms with E-state index in [4.69, 9.17) is 0 Å². The monoisotopic (exact) mass is 208 g/mol. The van der Waals surface area contributed by atoms with Gasteiger partial charge in [-0.3, -0.25) is 9.48 Å². The molecule has 4 nitrogen and oxygen atoms in total. The van der Waals surface area contributed by atoms with Gasteiger partial charge in [0.15, 0.2) is 0 Å². The van der Waals surface area contributed by atoms with Crippen molar-refractivity contribution in [3.05, 3.63) is 17.5 Å². The minimum Gasteiger partial charge on any atom is -0.481 e. The van der Waals surface area contributed by atoms with Crippen molar-refractivity contribution in [2.24, 2.45) is 12.5 Å². The topological polar surface area (TPSA) is 55.1 Å². The lowest BCUT2D eigenvalue weighted by molar-refractivity contribution is -0.141. The zero-order valence-electron chi connectivity index (χ0n) is 9.53. The number of aliphatic carboxylic acids is 1. The van der Waals surface area contributed by atoms with Crippen molar-refractivity contribution >= 4 is 5.97 Å². The Morgan fingerprint density at radius 1 is 1.60 bits per heavy atom. The van der Waals surface area contributed by atoms with E-state index in [1.54, 1.807) is 10.9 Å². The van der Waals surface area contributed by atoms with E-state index in [9.17, 15) is 9.90 Å². The second-order valence-electron chi connectivity index (χ2n) is 5.04. The van der Waals surface area contributed by atoms with Crippen LogP contribution in [0.25, 0.3) is 0 Å². The van der Waals surface area contributed by atoms with Gasteiger partial charge in [0.05, 0.1) is 6.20 Å². The van der Waals surface area contributed by atoms with Gasteiger partial charge in [-0.1, -0.05) is 13.8 Å². The van der Waals surface area contributed by atoms with Gasteiger partial charge in [-0.15, -0.1) is 0 Å². The minimum atomic E-state index is -0.733. The molecule has 1 N–H and O–H groups in total. The van der Waals surface area contributed by atoms with Crippen molar-refractivity contribution in [3.63, 3.8) is 0 Å². The van der Waals surface area contributed by atoms with Gasteiger partial charge in [0.2, 0.25) is 0 Å².